The molecule has 3 atom stereocenters. The molecule has 0 bridgehead atoms. The Balaban J connectivity index is 1.82. The summed E-state index contributed by atoms with van der Waals surface area (Å²) in [6.45, 7) is 8.83. The number of hydrogen-bond donors (Lipinski definition) is 1. The summed E-state index contributed by atoms with van der Waals surface area (Å²) in [6.07, 6.45) is 14.8. The standard InChI is InChI=1S/C20H28O/c1-14-9-12-18-17(7-5-13-20(14,18)3)11-10-16-6-4-8-19(21)15(16)2/h9-11,18-19,21H,2,4-8,12-13H2,1,3H3/b16-10-,17-11+/t18?,19-,20?/m0/s1. The van der Waals surface area contributed by atoms with Crippen LogP contribution in [0.4, 0.5) is 0 Å². The molecule has 1 heteroatoms. The van der Waals surface area contributed by atoms with E-state index in [4.69, 9.17) is 0 Å². The van der Waals surface area contributed by atoms with Crippen molar-refractivity contribution in [2.45, 2.75) is 64.9 Å². The molecule has 2 unspecified atom stereocenters. The van der Waals surface area contributed by atoms with Gasteiger partial charge in [0, 0.05) is 0 Å². The zero-order chi connectivity index (χ0) is 15.0. The van der Waals surface area contributed by atoms with Crippen molar-refractivity contribution in [1.29, 1.82) is 0 Å². The van der Waals surface area contributed by atoms with E-state index >= 15 is 0 Å². The molecule has 21 heavy (non-hydrogen) atoms. The van der Waals surface area contributed by atoms with Crippen molar-refractivity contribution in [2.75, 3.05) is 0 Å². The van der Waals surface area contributed by atoms with E-state index in [2.05, 4.69) is 38.7 Å². The molecule has 0 radical (unpaired) electrons. The number of hydrogen-bond acceptors (Lipinski definition) is 1. The largest absolute Gasteiger partial charge is 0.388 e. The Morgan fingerprint density at radius 2 is 2.10 bits per heavy atom. The maximum atomic E-state index is 9.94. The molecule has 3 rings (SSSR count). The number of allylic oxidation sites excluding steroid dienone is 5. The molecule has 0 aromatic carbocycles. The molecule has 3 aliphatic carbocycles. The van der Waals surface area contributed by atoms with Gasteiger partial charge in [0.15, 0.2) is 0 Å². The van der Waals surface area contributed by atoms with Crippen molar-refractivity contribution < 1.29 is 5.11 Å². The third-order valence-electron chi connectivity index (χ3n) is 6.18. The lowest BCUT2D eigenvalue weighted by Crippen LogP contribution is -2.29. The molecule has 1 N–H and O–H groups in total. The van der Waals surface area contributed by atoms with Crippen LogP contribution in [0.1, 0.15) is 58.8 Å². The summed E-state index contributed by atoms with van der Waals surface area (Å²) >= 11 is 0. The van der Waals surface area contributed by atoms with Crippen LogP contribution in [0.15, 0.2) is 47.1 Å². The summed E-state index contributed by atoms with van der Waals surface area (Å²) in [5, 5.41) is 9.94. The van der Waals surface area contributed by atoms with Gasteiger partial charge in [0.25, 0.3) is 0 Å². The van der Waals surface area contributed by atoms with Gasteiger partial charge in [0.05, 0.1) is 6.10 Å². The van der Waals surface area contributed by atoms with Crippen LogP contribution in [0, 0.1) is 11.3 Å². The van der Waals surface area contributed by atoms with E-state index in [0.717, 1.165) is 24.8 Å². The first kappa shape index (κ1) is 14.8. The van der Waals surface area contributed by atoms with Gasteiger partial charge in [0.1, 0.15) is 0 Å². The summed E-state index contributed by atoms with van der Waals surface area (Å²) in [4.78, 5) is 0. The minimum Gasteiger partial charge on any atom is -0.388 e. The smallest absolute Gasteiger partial charge is 0.0787 e. The molecule has 114 valence electrons. The molecule has 0 amide bonds. The maximum Gasteiger partial charge on any atom is 0.0787 e. The minimum atomic E-state index is -0.324. The average molecular weight is 284 g/mol. The molecule has 0 aliphatic heterocycles. The number of aliphatic hydroxyl groups is 1. The van der Waals surface area contributed by atoms with E-state index in [-0.39, 0.29) is 6.10 Å². The Morgan fingerprint density at radius 3 is 2.90 bits per heavy atom. The quantitative estimate of drug-likeness (QED) is 0.664. The second-order valence-electron chi connectivity index (χ2n) is 7.31. The number of rotatable bonds is 1. The number of fused-ring (bicyclic) bond motifs is 1. The summed E-state index contributed by atoms with van der Waals surface area (Å²) < 4.78 is 0. The van der Waals surface area contributed by atoms with Gasteiger partial charge < -0.3 is 5.11 Å². The van der Waals surface area contributed by atoms with Crippen LogP contribution < -0.4 is 0 Å². The average Bonchev–Trinajstić information content (AvgIpc) is 2.77. The van der Waals surface area contributed by atoms with Gasteiger partial charge in [-0.15, -0.1) is 0 Å². The van der Waals surface area contributed by atoms with Gasteiger partial charge in [-0.25, -0.2) is 0 Å². The lowest BCUT2D eigenvalue weighted by atomic mass is 9.64. The molecular weight excluding hydrogens is 256 g/mol. The topological polar surface area (TPSA) is 20.2 Å². The number of aliphatic hydroxyl groups excluding tert-OH is 1. The Kier molecular flexibility index (Phi) is 3.96. The lowest BCUT2D eigenvalue weighted by Gasteiger charge is -2.40. The Labute approximate surface area is 129 Å². The molecule has 1 nitrogen and oxygen atoms in total. The van der Waals surface area contributed by atoms with Crippen LogP contribution in [0.5, 0.6) is 0 Å². The van der Waals surface area contributed by atoms with Gasteiger partial charge >= 0.3 is 0 Å². The first-order valence-electron chi connectivity index (χ1n) is 8.46. The predicted molar refractivity (Wildman–Crippen MR) is 89.0 cm³/mol. The van der Waals surface area contributed by atoms with Crippen LogP contribution in [0.2, 0.25) is 0 Å². The predicted octanol–water partition coefficient (Wildman–Crippen LogP) is 5.10. The normalized spacial score (nSPS) is 40.5. The molecule has 2 saturated carbocycles. The van der Waals surface area contributed by atoms with E-state index in [9.17, 15) is 5.11 Å². The third kappa shape index (κ3) is 2.57. The van der Waals surface area contributed by atoms with Crippen molar-refractivity contribution in [3.8, 4) is 0 Å². The maximum absolute atomic E-state index is 9.94. The zero-order valence-electron chi connectivity index (χ0n) is 13.5. The first-order valence-corrected chi connectivity index (χ1v) is 8.46. The third-order valence-corrected chi connectivity index (χ3v) is 6.18. The molecular formula is C20H28O. The fourth-order valence-electron chi connectivity index (χ4n) is 4.46. The molecule has 2 fully saturated rings. The van der Waals surface area contributed by atoms with Gasteiger partial charge in [-0.1, -0.05) is 42.9 Å². The molecule has 0 heterocycles. The van der Waals surface area contributed by atoms with Crippen molar-refractivity contribution in [2.24, 2.45) is 11.3 Å². The zero-order valence-corrected chi connectivity index (χ0v) is 13.5. The van der Waals surface area contributed by atoms with Crippen molar-refractivity contribution in [3.63, 3.8) is 0 Å². The highest BCUT2D eigenvalue weighted by Crippen LogP contribution is 2.54. The summed E-state index contributed by atoms with van der Waals surface area (Å²) in [6, 6.07) is 0. The first-order chi connectivity index (χ1) is 10.0. The fourth-order valence-corrected chi connectivity index (χ4v) is 4.46. The monoisotopic (exact) mass is 284 g/mol. The van der Waals surface area contributed by atoms with Crippen LogP contribution in [-0.4, -0.2) is 11.2 Å². The second-order valence-corrected chi connectivity index (χ2v) is 7.31. The fraction of sp³-hybridized carbons (Fsp3) is 0.600. The van der Waals surface area contributed by atoms with Crippen LogP contribution in [0.3, 0.4) is 0 Å². The van der Waals surface area contributed by atoms with E-state index in [1.807, 2.05) is 0 Å². The summed E-state index contributed by atoms with van der Waals surface area (Å²) in [5.41, 5.74) is 5.79. The Bertz CT molecular complexity index is 534. The molecule has 3 aliphatic rings. The Hall–Kier alpha value is -1.08. The van der Waals surface area contributed by atoms with Crippen molar-refractivity contribution in [1.82, 2.24) is 0 Å². The van der Waals surface area contributed by atoms with Gasteiger partial charge in [-0.05, 0) is 74.3 Å². The van der Waals surface area contributed by atoms with Crippen molar-refractivity contribution >= 4 is 0 Å². The molecule has 0 aromatic rings. The van der Waals surface area contributed by atoms with Crippen molar-refractivity contribution in [3.05, 3.63) is 47.1 Å². The second kappa shape index (κ2) is 5.61. The minimum absolute atomic E-state index is 0.324. The molecule has 0 spiro atoms. The summed E-state index contributed by atoms with van der Waals surface area (Å²) in [5.74, 6) is 0.699. The highest BCUT2D eigenvalue weighted by atomic mass is 16.3. The van der Waals surface area contributed by atoms with Crippen LogP contribution in [-0.2, 0) is 0 Å². The lowest BCUT2D eigenvalue weighted by molar-refractivity contribution is 0.191. The SMILES string of the molecule is C=C1/C(=C\C=C2/CCCC3(C)C(C)=CCC23)CCC[C@@H]1O. The molecule has 0 saturated heterocycles. The highest BCUT2D eigenvalue weighted by Gasteiger charge is 2.42. The van der Waals surface area contributed by atoms with Crippen LogP contribution in [0.25, 0.3) is 0 Å². The van der Waals surface area contributed by atoms with E-state index < -0.39 is 0 Å². The summed E-state index contributed by atoms with van der Waals surface area (Å²) in [7, 11) is 0. The Morgan fingerprint density at radius 1 is 1.29 bits per heavy atom. The molecule has 0 aromatic heterocycles. The highest BCUT2D eigenvalue weighted by molar-refractivity contribution is 5.39. The van der Waals surface area contributed by atoms with E-state index in [1.54, 1.807) is 11.1 Å². The van der Waals surface area contributed by atoms with Gasteiger partial charge in [-0.3, -0.25) is 0 Å². The van der Waals surface area contributed by atoms with E-state index in [0.29, 0.717) is 11.3 Å². The van der Waals surface area contributed by atoms with Gasteiger partial charge in [-0.2, -0.15) is 0 Å². The van der Waals surface area contributed by atoms with Crippen LogP contribution >= 0.6 is 0 Å². The van der Waals surface area contributed by atoms with E-state index in [1.165, 1.54) is 31.3 Å². The van der Waals surface area contributed by atoms with Gasteiger partial charge in [0.2, 0.25) is 0 Å².